The third kappa shape index (κ3) is 5.13. The van der Waals surface area contributed by atoms with Crippen molar-refractivity contribution in [3.05, 3.63) is 64.2 Å². The minimum atomic E-state index is -3.51. The summed E-state index contributed by atoms with van der Waals surface area (Å²) in [5, 5.41) is 3.48. The molecular formula is C21H25ClN2O3S. The van der Waals surface area contributed by atoms with Crippen molar-refractivity contribution in [1.82, 2.24) is 4.31 Å². The van der Waals surface area contributed by atoms with Gasteiger partial charge >= 0.3 is 0 Å². The predicted molar refractivity (Wildman–Crippen MR) is 113 cm³/mol. The van der Waals surface area contributed by atoms with Crippen LogP contribution in [0.2, 0.25) is 5.02 Å². The highest BCUT2D eigenvalue weighted by Crippen LogP contribution is 2.24. The number of carbonyl (C=O) groups is 1. The van der Waals surface area contributed by atoms with Crippen molar-refractivity contribution in [3.8, 4) is 0 Å². The van der Waals surface area contributed by atoms with E-state index in [4.69, 9.17) is 11.6 Å². The summed E-state index contributed by atoms with van der Waals surface area (Å²) in [4.78, 5) is 12.8. The molecule has 5 nitrogen and oxygen atoms in total. The molecule has 28 heavy (non-hydrogen) atoms. The molecule has 1 aliphatic rings. The van der Waals surface area contributed by atoms with Crippen LogP contribution in [0, 0.1) is 19.8 Å². The molecule has 0 saturated carbocycles. The molecule has 1 atom stereocenters. The summed E-state index contributed by atoms with van der Waals surface area (Å²) in [6, 6.07) is 12.8. The van der Waals surface area contributed by atoms with Gasteiger partial charge in [0.15, 0.2) is 0 Å². The number of hydrogen-bond donors (Lipinski definition) is 1. The van der Waals surface area contributed by atoms with Crippen LogP contribution in [0.4, 0.5) is 5.69 Å². The maximum Gasteiger partial charge on any atom is 0.228 e. The van der Waals surface area contributed by atoms with Crippen LogP contribution in [-0.2, 0) is 20.6 Å². The fraction of sp³-hybridized carbons (Fsp3) is 0.381. The van der Waals surface area contributed by atoms with Crippen LogP contribution in [0.25, 0.3) is 0 Å². The largest absolute Gasteiger partial charge is 0.326 e. The van der Waals surface area contributed by atoms with E-state index < -0.39 is 10.0 Å². The van der Waals surface area contributed by atoms with Crippen molar-refractivity contribution < 1.29 is 13.2 Å². The van der Waals surface area contributed by atoms with E-state index in [2.05, 4.69) is 5.32 Å². The van der Waals surface area contributed by atoms with E-state index in [0.29, 0.717) is 30.0 Å². The predicted octanol–water partition coefficient (Wildman–Crippen LogP) is 4.14. The summed E-state index contributed by atoms with van der Waals surface area (Å²) >= 11 is 5.96. The number of carbonyl (C=O) groups excluding carboxylic acids is 1. The van der Waals surface area contributed by atoms with Crippen LogP contribution >= 0.6 is 11.6 Å². The Bertz CT molecular complexity index is 975. The standard InChI is InChI=1S/C21H25ClN2O3S/c1-15-8-9-16(2)20(11-15)23-21(25)18-6-4-10-24(13-18)28(26,27)14-17-5-3-7-19(22)12-17/h3,5,7-9,11-12,18H,4,6,10,13-14H2,1-2H3,(H,23,25). The number of rotatable bonds is 5. The number of nitrogens with one attached hydrogen (secondary N) is 1. The van der Waals surface area contributed by atoms with Gasteiger partial charge in [-0.3, -0.25) is 4.79 Å². The van der Waals surface area contributed by atoms with Crippen LogP contribution in [-0.4, -0.2) is 31.7 Å². The average molecular weight is 421 g/mol. The quantitative estimate of drug-likeness (QED) is 0.790. The Morgan fingerprint density at radius 1 is 1.21 bits per heavy atom. The molecule has 0 radical (unpaired) electrons. The van der Waals surface area contributed by atoms with E-state index in [1.54, 1.807) is 24.3 Å². The molecular weight excluding hydrogens is 396 g/mol. The van der Waals surface area contributed by atoms with Crippen LogP contribution in [0.1, 0.15) is 29.5 Å². The molecule has 1 fully saturated rings. The average Bonchev–Trinajstić information content (AvgIpc) is 2.64. The second-order valence-electron chi connectivity index (χ2n) is 7.39. The molecule has 2 aromatic rings. The zero-order valence-electron chi connectivity index (χ0n) is 16.1. The number of benzene rings is 2. The minimum Gasteiger partial charge on any atom is -0.326 e. The van der Waals surface area contributed by atoms with E-state index in [-0.39, 0.29) is 24.1 Å². The second-order valence-corrected chi connectivity index (χ2v) is 9.80. The number of sulfonamides is 1. The Hall–Kier alpha value is -1.89. The Morgan fingerprint density at radius 2 is 2.00 bits per heavy atom. The highest BCUT2D eigenvalue weighted by molar-refractivity contribution is 7.88. The number of piperidine rings is 1. The molecule has 1 unspecified atom stereocenters. The van der Waals surface area contributed by atoms with Crippen LogP contribution in [0.5, 0.6) is 0 Å². The molecule has 0 aromatic heterocycles. The monoisotopic (exact) mass is 420 g/mol. The number of anilines is 1. The van der Waals surface area contributed by atoms with Crippen LogP contribution < -0.4 is 5.32 Å². The zero-order chi connectivity index (χ0) is 20.3. The van der Waals surface area contributed by atoms with Crippen molar-refractivity contribution in [2.24, 2.45) is 5.92 Å². The summed E-state index contributed by atoms with van der Waals surface area (Å²) in [5.41, 5.74) is 3.48. The number of amides is 1. The van der Waals surface area contributed by atoms with Gasteiger partial charge in [-0.2, -0.15) is 0 Å². The summed E-state index contributed by atoms with van der Waals surface area (Å²) < 4.78 is 27.1. The molecule has 1 aliphatic heterocycles. The van der Waals surface area contributed by atoms with Gasteiger partial charge in [-0.15, -0.1) is 0 Å². The van der Waals surface area contributed by atoms with E-state index in [0.717, 1.165) is 16.8 Å². The van der Waals surface area contributed by atoms with Gasteiger partial charge in [0, 0.05) is 23.8 Å². The van der Waals surface area contributed by atoms with E-state index in [1.165, 1.54) is 4.31 Å². The lowest BCUT2D eigenvalue weighted by Gasteiger charge is -2.31. The number of aryl methyl sites for hydroxylation is 2. The molecule has 3 rings (SSSR count). The number of nitrogens with zero attached hydrogens (tertiary/aromatic N) is 1. The third-order valence-corrected chi connectivity index (χ3v) is 7.09. The maximum atomic E-state index is 12.8. The molecule has 0 aliphatic carbocycles. The fourth-order valence-corrected chi connectivity index (χ4v) is 5.25. The fourth-order valence-electron chi connectivity index (χ4n) is 3.44. The Kier molecular flexibility index (Phi) is 6.43. The smallest absolute Gasteiger partial charge is 0.228 e. The van der Waals surface area contributed by atoms with Gasteiger partial charge in [-0.25, -0.2) is 12.7 Å². The molecule has 0 bridgehead atoms. The Labute approximate surface area is 171 Å². The van der Waals surface area contributed by atoms with E-state index >= 15 is 0 Å². The zero-order valence-corrected chi connectivity index (χ0v) is 17.7. The van der Waals surface area contributed by atoms with Crippen LogP contribution in [0.15, 0.2) is 42.5 Å². The SMILES string of the molecule is Cc1ccc(C)c(NC(=O)C2CCCN(S(=O)(=O)Cc3cccc(Cl)c3)C2)c1. The van der Waals surface area contributed by atoms with E-state index in [1.807, 2.05) is 32.0 Å². The van der Waals surface area contributed by atoms with Gasteiger partial charge in [0.05, 0.1) is 11.7 Å². The molecule has 2 aromatic carbocycles. The van der Waals surface area contributed by atoms with Crippen molar-refractivity contribution in [3.63, 3.8) is 0 Å². The Balaban J connectivity index is 1.69. The highest BCUT2D eigenvalue weighted by Gasteiger charge is 2.32. The minimum absolute atomic E-state index is 0.112. The molecule has 1 saturated heterocycles. The van der Waals surface area contributed by atoms with Gasteiger partial charge in [-0.05, 0) is 61.6 Å². The summed E-state index contributed by atoms with van der Waals surface area (Å²) in [7, 11) is -3.51. The molecule has 0 spiro atoms. The third-order valence-electron chi connectivity index (χ3n) is 5.04. The maximum absolute atomic E-state index is 12.8. The lowest BCUT2D eigenvalue weighted by molar-refractivity contribution is -0.120. The lowest BCUT2D eigenvalue weighted by atomic mass is 9.98. The van der Waals surface area contributed by atoms with Gasteiger partial charge in [0.25, 0.3) is 0 Å². The highest BCUT2D eigenvalue weighted by atomic mass is 35.5. The number of hydrogen-bond acceptors (Lipinski definition) is 3. The molecule has 1 heterocycles. The first-order chi connectivity index (χ1) is 13.2. The number of halogens is 1. The van der Waals surface area contributed by atoms with Crippen molar-refractivity contribution >= 4 is 33.2 Å². The lowest BCUT2D eigenvalue weighted by Crippen LogP contribution is -2.44. The van der Waals surface area contributed by atoms with Crippen molar-refractivity contribution in [1.29, 1.82) is 0 Å². The molecule has 1 amide bonds. The van der Waals surface area contributed by atoms with Gasteiger partial charge in [-0.1, -0.05) is 35.9 Å². The normalized spacial score (nSPS) is 18.0. The van der Waals surface area contributed by atoms with Crippen LogP contribution in [0.3, 0.4) is 0 Å². The molecule has 150 valence electrons. The molecule has 1 N–H and O–H groups in total. The van der Waals surface area contributed by atoms with Crippen molar-refractivity contribution in [2.75, 3.05) is 18.4 Å². The first-order valence-electron chi connectivity index (χ1n) is 9.35. The summed E-state index contributed by atoms with van der Waals surface area (Å²) in [6.07, 6.45) is 1.35. The first kappa shape index (κ1) is 20.8. The summed E-state index contributed by atoms with van der Waals surface area (Å²) in [5.74, 6) is -0.599. The Morgan fingerprint density at radius 3 is 2.75 bits per heavy atom. The topological polar surface area (TPSA) is 66.5 Å². The summed E-state index contributed by atoms with van der Waals surface area (Å²) in [6.45, 7) is 4.56. The van der Waals surface area contributed by atoms with Gasteiger partial charge in [0.2, 0.25) is 15.9 Å². The van der Waals surface area contributed by atoms with Gasteiger partial charge in [0.1, 0.15) is 0 Å². The second kappa shape index (κ2) is 8.64. The molecule has 7 heteroatoms. The van der Waals surface area contributed by atoms with Crippen molar-refractivity contribution in [2.45, 2.75) is 32.4 Å². The van der Waals surface area contributed by atoms with E-state index in [9.17, 15) is 13.2 Å². The van der Waals surface area contributed by atoms with Gasteiger partial charge < -0.3 is 5.32 Å². The first-order valence-corrected chi connectivity index (χ1v) is 11.3.